The minimum absolute atomic E-state index is 0.183. The Morgan fingerprint density at radius 3 is 3.19 bits per heavy atom. The van der Waals surface area contributed by atoms with Crippen LogP contribution in [0.5, 0.6) is 0 Å². The van der Waals surface area contributed by atoms with E-state index in [1.165, 1.54) is 22.9 Å². The second kappa shape index (κ2) is 5.68. The summed E-state index contributed by atoms with van der Waals surface area (Å²) in [5.74, 6) is 2.57. The molecule has 0 spiro atoms. The number of thioether (sulfide) groups is 1. The van der Waals surface area contributed by atoms with Gasteiger partial charge in [-0.05, 0) is 23.8 Å². The van der Waals surface area contributed by atoms with Crippen LogP contribution in [0, 0.1) is 5.92 Å². The van der Waals surface area contributed by atoms with Gasteiger partial charge in [0, 0.05) is 18.2 Å². The Kier molecular flexibility index (Phi) is 4.23. The van der Waals surface area contributed by atoms with Gasteiger partial charge in [0.2, 0.25) is 0 Å². The van der Waals surface area contributed by atoms with Crippen molar-refractivity contribution in [3.63, 3.8) is 0 Å². The Balaban J connectivity index is 1.84. The highest BCUT2D eigenvalue weighted by molar-refractivity contribution is 7.99. The second-order valence-corrected chi connectivity index (χ2v) is 6.15. The number of carboxylic acids is 1. The van der Waals surface area contributed by atoms with Gasteiger partial charge in [0.05, 0.1) is 17.1 Å². The van der Waals surface area contributed by atoms with Gasteiger partial charge in [0.15, 0.2) is 0 Å². The Morgan fingerprint density at radius 2 is 2.50 bits per heavy atom. The molecule has 88 valence electrons. The van der Waals surface area contributed by atoms with Gasteiger partial charge < -0.3 is 5.11 Å². The molecule has 1 aliphatic rings. The minimum Gasteiger partial charge on any atom is -0.481 e. The summed E-state index contributed by atoms with van der Waals surface area (Å²) in [6, 6.07) is 0. The van der Waals surface area contributed by atoms with Crippen molar-refractivity contribution in [1.29, 1.82) is 0 Å². The Morgan fingerprint density at radius 1 is 1.62 bits per heavy atom. The molecule has 1 N–H and O–H groups in total. The van der Waals surface area contributed by atoms with Gasteiger partial charge in [-0.15, -0.1) is 11.3 Å². The van der Waals surface area contributed by atoms with Gasteiger partial charge in [-0.3, -0.25) is 4.79 Å². The molecule has 0 aliphatic carbocycles. The van der Waals surface area contributed by atoms with Crippen LogP contribution in [0.2, 0.25) is 0 Å². The van der Waals surface area contributed by atoms with Crippen molar-refractivity contribution < 1.29 is 9.90 Å². The molecule has 1 fully saturated rings. The zero-order valence-electron chi connectivity index (χ0n) is 9.02. The van der Waals surface area contributed by atoms with Crippen LogP contribution < -0.4 is 0 Å². The molecule has 0 radical (unpaired) electrons. The number of aromatic nitrogens is 1. The van der Waals surface area contributed by atoms with Crippen LogP contribution in [0.15, 0.2) is 5.38 Å². The zero-order valence-corrected chi connectivity index (χ0v) is 10.6. The second-order valence-electron chi connectivity index (χ2n) is 4.06. The maximum absolute atomic E-state index is 10.4. The van der Waals surface area contributed by atoms with Crippen LogP contribution >= 0.6 is 23.1 Å². The third-order valence-electron chi connectivity index (χ3n) is 2.68. The largest absolute Gasteiger partial charge is 0.481 e. The number of carboxylic acid groups (broad SMARTS) is 1. The highest BCUT2D eigenvalue weighted by Gasteiger charge is 2.17. The summed E-state index contributed by atoms with van der Waals surface area (Å²) < 4.78 is 0. The molecule has 0 amide bonds. The van der Waals surface area contributed by atoms with E-state index in [-0.39, 0.29) is 6.42 Å². The van der Waals surface area contributed by atoms with Gasteiger partial charge in [-0.1, -0.05) is 0 Å². The first-order chi connectivity index (χ1) is 7.74. The standard InChI is InChI=1S/C11H15NO2S2/c13-11(14)2-1-9-7-16-10(12-9)5-8-3-4-15-6-8/h7-8H,1-6H2,(H,13,14). The molecule has 2 rings (SSSR count). The predicted molar refractivity (Wildman–Crippen MR) is 67.2 cm³/mol. The number of rotatable bonds is 5. The normalized spacial score (nSPS) is 20.1. The van der Waals surface area contributed by atoms with Crippen molar-refractivity contribution in [3.8, 4) is 0 Å². The van der Waals surface area contributed by atoms with Crippen molar-refractivity contribution in [2.75, 3.05) is 11.5 Å². The number of aryl methyl sites for hydroxylation is 1. The van der Waals surface area contributed by atoms with E-state index in [9.17, 15) is 4.79 Å². The summed E-state index contributed by atoms with van der Waals surface area (Å²) in [5, 5.41) is 11.8. The molecular formula is C11H15NO2S2. The van der Waals surface area contributed by atoms with E-state index in [1.54, 1.807) is 11.3 Å². The van der Waals surface area contributed by atoms with Crippen LogP contribution in [-0.2, 0) is 17.6 Å². The van der Waals surface area contributed by atoms with E-state index in [4.69, 9.17) is 5.11 Å². The lowest BCUT2D eigenvalue weighted by molar-refractivity contribution is -0.136. The molecule has 0 saturated carbocycles. The number of hydrogen-bond donors (Lipinski definition) is 1. The van der Waals surface area contributed by atoms with Crippen LogP contribution in [0.4, 0.5) is 0 Å². The fraction of sp³-hybridized carbons (Fsp3) is 0.636. The van der Waals surface area contributed by atoms with Crippen LogP contribution in [0.1, 0.15) is 23.5 Å². The topological polar surface area (TPSA) is 50.2 Å². The third-order valence-corrected chi connectivity index (χ3v) is 4.83. The first kappa shape index (κ1) is 11.9. The summed E-state index contributed by atoms with van der Waals surface area (Å²) in [6.45, 7) is 0. The average Bonchev–Trinajstić information content (AvgIpc) is 2.87. The minimum atomic E-state index is -0.748. The molecule has 0 bridgehead atoms. The summed E-state index contributed by atoms with van der Waals surface area (Å²) in [4.78, 5) is 14.9. The van der Waals surface area contributed by atoms with E-state index < -0.39 is 5.97 Å². The summed E-state index contributed by atoms with van der Waals surface area (Å²) >= 11 is 3.70. The van der Waals surface area contributed by atoms with Crippen molar-refractivity contribution in [2.45, 2.75) is 25.7 Å². The summed E-state index contributed by atoms with van der Waals surface area (Å²) in [7, 11) is 0. The van der Waals surface area contributed by atoms with E-state index in [1.807, 2.05) is 17.1 Å². The Labute approximate surface area is 103 Å². The molecule has 16 heavy (non-hydrogen) atoms. The summed E-state index contributed by atoms with van der Waals surface area (Å²) in [6.07, 6.45) is 3.12. The lowest BCUT2D eigenvalue weighted by Crippen LogP contribution is -2.02. The van der Waals surface area contributed by atoms with Crippen LogP contribution in [0.25, 0.3) is 0 Å². The lowest BCUT2D eigenvalue weighted by Gasteiger charge is -2.03. The average molecular weight is 257 g/mol. The molecule has 5 heteroatoms. The highest BCUT2D eigenvalue weighted by Crippen LogP contribution is 2.27. The smallest absolute Gasteiger partial charge is 0.303 e. The maximum Gasteiger partial charge on any atom is 0.303 e. The molecule has 1 atom stereocenters. The fourth-order valence-corrected chi connectivity index (χ4v) is 4.01. The number of aliphatic carboxylic acids is 1. The number of hydrogen-bond acceptors (Lipinski definition) is 4. The molecule has 3 nitrogen and oxygen atoms in total. The molecular weight excluding hydrogens is 242 g/mol. The molecule has 1 unspecified atom stereocenters. The van der Waals surface area contributed by atoms with Gasteiger partial charge in [-0.25, -0.2) is 4.98 Å². The molecule has 0 aromatic carbocycles. The van der Waals surface area contributed by atoms with Crippen molar-refractivity contribution >= 4 is 29.1 Å². The SMILES string of the molecule is O=C(O)CCc1csc(CC2CCSC2)n1. The van der Waals surface area contributed by atoms with E-state index in [0.29, 0.717) is 6.42 Å². The highest BCUT2D eigenvalue weighted by atomic mass is 32.2. The lowest BCUT2D eigenvalue weighted by atomic mass is 10.1. The van der Waals surface area contributed by atoms with E-state index in [2.05, 4.69) is 4.98 Å². The Hall–Kier alpha value is -0.550. The molecule has 2 heterocycles. The van der Waals surface area contributed by atoms with Crippen molar-refractivity contribution in [1.82, 2.24) is 4.98 Å². The molecule has 1 aromatic rings. The third kappa shape index (κ3) is 3.49. The first-order valence-corrected chi connectivity index (χ1v) is 7.50. The van der Waals surface area contributed by atoms with E-state index in [0.717, 1.165) is 18.0 Å². The van der Waals surface area contributed by atoms with Crippen molar-refractivity contribution in [2.24, 2.45) is 5.92 Å². The van der Waals surface area contributed by atoms with Crippen LogP contribution in [-0.4, -0.2) is 27.6 Å². The van der Waals surface area contributed by atoms with Gasteiger partial charge in [0.1, 0.15) is 0 Å². The monoisotopic (exact) mass is 257 g/mol. The zero-order chi connectivity index (χ0) is 11.4. The van der Waals surface area contributed by atoms with Crippen LogP contribution in [0.3, 0.4) is 0 Å². The van der Waals surface area contributed by atoms with Crippen molar-refractivity contribution in [3.05, 3.63) is 16.1 Å². The summed E-state index contributed by atoms with van der Waals surface area (Å²) in [5.41, 5.74) is 0.938. The number of carbonyl (C=O) groups is 1. The van der Waals surface area contributed by atoms with Gasteiger partial charge in [0.25, 0.3) is 0 Å². The van der Waals surface area contributed by atoms with Gasteiger partial charge >= 0.3 is 5.97 Å². The first-order valence-electron chi connectivity index (χ1n) is 5.47. The quantitative estimate of drug-likeness (QED) is 0.880. The van der Waals surface area contributed by atoms with Gasteiger partial charge in [-0.2, -0.15) is 11.8 Å². The molecule has 1 aliphatic heterocycles. The predicted octanol–water partition coefficient (Wildman–Crippen LogP) is 2.46. The maximum atomic E-state index is 10.4. The number of nitrogens with zero attached hydrogens (tertiary/aromatic N) is 1. The molecule has 1 aromatic heterocycles. The Bertz CT molecular complexity index is 359. The molecule has 1 saturated heterocycles. The number of thiazole rings is 1. The van der Waals surface area contributed by atoms with E-state index >= 15 is 0 Å². The fourth-order valence-electron chi connectivity index (χ4n) is 1.78.